The zero-order valence-electron chi connectivity index (χ0n) is 13.6. The van der Waals surface area contributed by atoms with Crippen LogP contribution >= 0.6 is 0 Å². The van der Waals surface area contributed by atoms with E-state index in [0.29, 0.717) is 16.7 Å². The molecule has 2 aromatic rings. The zero-order chi connectivity index (χ0) is 16.2. The Bertz CT molecular complexity index is 678. The number of carbonyl (C=O) groups is 1. The summed E-state index contributed by atoms with van der Waals surface area (Å²) in [5, 5.41) is 13.7. The van der Waals surface area contributed by atoms with Gasteiger partial charge in [0.2, 0.25) is 0 Å². The molecular formula is C16H23N5O2. The first-order valence-electron chi connectivity index (χ1n) is 8.26. The summed E-state index contributed by atoms with van der Waals surface area (Å²) in [6, 6.07) is 3.73. The third-order valence-corrected chi connectivity index (χ3v) is 4.33. The minimum absolute atomic E-state index is 0.119. The SMILES string of the molecule is CC[C@@H](C)NC(=O)Nc1ccc(N2CCCCC2)c2nonc12. The van der Waals surface area contributed by atoms with Gasteiger partial charge in [-0.25, -0.2) is 9.42 Å². The Kier molecular flexibility index (Phi) is 4.64. The molecule has 1 aliphatic heterocycles. The van der Waals surface area contributed by atoms with E-state index in [1.54, 1.807) is 0 Å². The van der Waals surface area contributed by atoms with Gasteiger partial charge in [-0.2, -0.15) is 0 Å². The lowest BCUT2D eigenvalue weighted by Crippen LogP contribution is -2.35. The van der Waals surface area contributed by atoms with E-state index >= 15 is 0 Å². The maximum Gasteiger partial charge on any atom is 0.319 e. The van der Waals surface area contributed by atoms with Crippen LogP contribution in [0.3, 0.4) is 0 Å². The summed E-state index contributed by atoms with van der Waals surface area (Å²) < 4.78 is 4.92. The molecule has 124 valence electrons. The molecule has 3 rings (SSSR count). The Balaban J connectivity index is 1.83. The summed E-state index contributed by atoms with van der Waals surface area (Å²) in [7, 11) is 0. The van der Waals surface area contributed by atoms with Gasteiger partial charge in [0.15, 0.2) is 11.0 Å². The summed E-state index contributed by atoms with van der Waals surface area (Å²) in [6.45, 7) is 6.02. The largest absolute Gasteiger partial charge is 0.370 e. The smallest absolute Gasteiger partial charge is 0.319 e. The Morgan fingerprint density at radius 2 is 2.00 bits per heavy atom. The fourth-order valence-electron chi connectivity index (χ4n) is 2.83. The van der Waals surface area contributed by atoms with Crippen molar-refractivity contribution in [2.45, 2.75) is 45.6 Å². The molecule has 1 atom stereocenters. The standard InChI is InChI=1S/C16H23N5O2/c1-3-11(2)17-16(22)18-12-7-8-13(15-14(12)19-23-20-15)21-9-5-4-6-10-21/h7-8,11H,3-6,9-10H2,1-2H3,(H2,17,18,22)/t11-/m1/s1. The number of aromatic nitrogens is 2. The number of hydrogen-bond acceptors (Lipinski definition) is 5. The van der Waals surface area contributed by atoms with Crippen LogP contribution in [-0.4, -0.2) is 35.5 Å². The summed E-state index contributed by atoms with van der Waals surface area (Å²) in [4.78, 5) is 14.3. The Morgan fingerprint density at radius 1 is 1.26 bits per heavy atom. The van der Waals surface area contributed by atoms with Gasteiger partial charge in [-0.15, -0.1) is 0 Å². The molecule has 0 bridgehead atoms. The molecular weight excluding hydrogens is 294 g/mol. The predicted molar refractivity (Wildman–Crippen MR) is 89.8 cm³/mol. The normalized spacial score (nSPS) is 16.3. The van der Waals surface area contributed by atoms with Crippen molar-refractivity contribution in [1.82, 2.24) is 15.6 Å². The molecule has 0 spiro atoms. The average Bonchev–Trinajstić information content (AvgIpc) is 3.06. The Labute approximate surface area is 135 Å². The summed E-state index contributed by atoms with van der Waals surface area (Å²) in [6.07, 6.45) is 4.52. The number of amides is 2. The van der Waals surface area contributed by atoms with E-state index in [1.165, 1.54) is 19.3 Å². The second kappa shape index (κ2) is 6.85. The third-order valence-electron chi connectivity index (χ3n) is 4.33. The van der Waals surface area contributed by atoms with Gasteiger partial charge in [-0.1, -0.05) is 6.92 Å². The van der Waals surface area contributed by atoms with Gasteiger partial charge in [0, 0.05) is 19.1 Å². The quantitative estimate of drug-likeness (QED) is 0.905. The zero-order valence-corrected chi connectivity index (χ0v) is 13.6. The Morgan fingerprint density at radius 3 is 2.74 bits per heavy atom. The van der Waals surface area contributed by atoms with Crippen LogP contribution in [-0.2, 0) is 0 Å². The van der Waals surface area contributed by atoms with Crippen molar-refractivity contribution in [3.8, 4) is 0 Å². The molecule has 7 heteroatoms. The molecule has 2 N–H and O–H groups in total. The van der Waals surface area contributed by atoms with Crippen LogP contribution in [0.2, 0.25) is 0 Å². The maximum absolute atomic E-state index is 12.0. The molecule has 1 saturated heterocycles. The highest BCUT2D eigenvalue weighted by Crippen LogP contribution is 2.31. The minimum Gasteiger partial charge on any atom is -0.370 e. The molecule has 23 heavy (non-hydrogen) atoms. The molecule has 1 fully saturated rings. The predicted octanol–water partition coefficient (Wildman–Crippen LogP) is 3.13. The molecule has 1 aromatic heterocycles. The van der Waals surface area contributed by atoms with Gasteiger partial charge in [0.05, 0.1) is 11.4 Å². The van der Waals surface area contributed by atoms with Crippen LogP contribution in [0, 0.1) is 0 Å². The summed E-state index contributed by atoms with van der Waals surface area (Å²) in [5.74, 6) is 0. The monoisotopic (exact) mass is 317 g/mol. The highest BCUT2D eigenvalue weighted by Gasteiger charge is 2.19. The van der Waals surface area contributed by atoms with E-state index < -0.39 is 0 Å². The van der Waals surface area contributed by atoms with Crippen LogP contribution < -0.4 is 15.5 Å². The summed E-state index contributed by atoms with van der Waals surface area (Å²) >= 11 is 0. The number of carbonyl (C=O) groups excluding carboxylic acids is 1. The average molecular weight is 317 g/mol. The first-order chi connectivity index (χ1) is 11.2. The highest BCUT2D eigenvalue weighted by atomic mass is 16.6. The first kappa shape index (κ1) is 15.6. The Hall–Kier alpha value is -2.31. The van der Waals surface area contributed by atoms with E-state index in [2.05, 4.69) is 25.8 Å². The van der Waals surface area contributed by atoms with Gasteiger partial charge in [-0.3, -0.25) is 0 Å². The number of anilines is 2. The molecule has 7 nitrogen and oxygen atoms in total. The second-order valence-electron chi connectivity index (χ2n) is 6.05. The lowest BCUT2D eigenvalue weighted by atomic mass is 10.1. The fourth-order valence-corrected chi connectivity index (χ4v) is 2.83. The van der Waals surface area contributed by atoms with E-state index in [-0.39, 0.29) is 12.1 Å². The van der Waals surface area contributed by atoms with Crippen LogP contribution in [0.4, 0.5) is 16.2 Å². The van der Waals surface area contributed by atoms with Crippen LogP contribution in [0.1, 0.15) is 39.5 Å². The lowest BCUT2D eigenvalue weighted by molar-refractivity contribution is 0.249. The maximum atomic E-state index is 12.0. The number of urea groups is 1. The number of fused-ring (bicyclic) bond motifs is 1. The van der Waals surface area contributed by atoms with E-state index in [1.807, 2.05) is 26.0 Å². The summed E-state index contributed by atoms with van der Waals surface area (Å²) in [5.41, 5.74) is 2.93. The van der Waals surface area contributed by atoms with Crippen LogP contribution in [0.25, 0.3) is 11.0 Å². The molecule has 0 radical (unpaired) electrons. The van der Waals surface area contributed by atoms with Crippen molar-refractivity contribution in [2.24, 2.45) is 0 Å². The van der Waals surface area contributed by atoms with Gasteiger partial charge < -0.3 is 15.5 Å². The van der Waals surface area contributed by atoms with Crippen molar-refractivity contribution in [3.63, 3.8) is 0 Å². The topological polar surface area (TPSA) is 83.3 Å². The fraction of sp³-hybridized carbons (Fsp3) is 0.562. The van der Waals surface area contributed by atoms with Crippen molar-refractivity contribution >= 4 is 28.4 Å². The number of benzene rings is 1. The molecule has 2 amide bonds. The van der Waals surface area contributed by atoms with Crippen molar-refractivity contribution in [2.75, 3.05) is 23.3 Å². The molecule has 0 aliphatic carbocycles. The van der Waals surface area contributed by atoms with Gasteiger partial charge in [0.1, 0.15) is 0 Å². The van der Waals surface area contributed by atoms with Crippen molar-refractivity contribution < 1.29 is 9.42 Å². The highest BCUT2D eigenvalue weighted by molar-refractivity contribution is 6.02. The molecule has 0 saturated carbocycles. The van der Waals surface area contributed by atoms with Gasteiger partial charge in [0.25, 0.3) is 0 Å². The molecule has 1 aromatic carbocycles. The number of piperidine rings is 1. The minimum atomic E-state index is -0.241. The van der Waals surface area contributed by atoms with E-state index in [0.717, 1.165) is 25.2 Å². The van der Waals surface area contributed by atoms with Gasteiger partial charge >= 0.3 is 6.03 Å². The van der Waals surface area contributed by atoms with Crippen molar-refractivity contribution in [3.05, 3.63) is 12.1 Å². The first-order valence-corrected chi connectivity index (χ1v) is 8.26. The molecule has 2 heterocycles. The van der Waals surface area contributed by atoms with Gasteiger partial charge in [-0.05, 0) is 55.1 Å². The number of nitrogens with zero attached hydrogens (tertiary/aromatic N) is 3. The van der Waals surface area contributed by atoms with E-state index in [9.17, 15) is 4.79 Å². The van der Waals surface area contributed by atoms with E-state index in [4.69, 9.17) is 4.63 Å². The lowest BCUT2D eigenvalue weighted by Gasteiger charge is -2.28. The number of hydrogen-bond donors (Lipinski definition) is 2. The van der Waals surface area contributed by atoms with Crippen molar-refractivity contribution in [1.29, 1.82) is 0 Å². The number of nitrogens with one attached hydrogen (secondary N) is 2. The van der Waals surface area contributed by atoms with Crippen LogP contribution in [0.15, 0.2) is 16.8 Å². The number of rotatable bonds is 4. The molecule has 1 aliphatic rings. The second-order valence-corrected chi connectivity index (χ2v) is 6.05. The third kappa shape index (κ3) is 3.38. The molecule has 0 unspecified atom stereocenters. The van der Waals surface area contributed by atoms with Crippen LogP contribution in [0.5, 0.6) is 0 Å².